The van der Waals surface area contributed by atoms with Crippen LogP contribution < -0.4 is 5.56 Å². The van der Waals surface area contributed by atoms with Crippen LogP contribution in [0, 0.1) is 5.82 Å². The van der Waals surface area contributed by atoms with Gasteiger partial charge < -0.3 is 5.11 Å². The molecule has 0 radical (unpaired) electrons. The molecule has 0 saturated heterocycles. The van der Waals surface area contributed by atoms with Crippen LogP contribution in [-0.4, -0.2) is 15.5 Å². The van der Waals surface area contributed by atoms with Gasteiger partial charge in [-0.05, 0) is 18.2 Å². The number of halogens is 1. The maximum atomic E-state index is 12.9. The second-order valence-electron chi connectivity index (χ2n) is 2.99. The van der Waals surface area contributed by atoms with Crippen molar-refractivity contribution in [3.63, 3.8) is 0 Å². The van der Waals surface area contributed by atoms with Gasteiger partial charge in [0.1, 0.15) is 5.82 Å². The zero-order valence-electron chi connectivity index (χ0n) is 7.48. The molecule has 2 heterocycles. The SMILES string of the molecule is O=C(O)c1ccc(=O)n2ccc(F)cc12. The van der Waals surface area contributed by atoms with Gasteiger partial charge in [-0.25, -0.2) is 9.18 Å². The van der Waals surface area contributed by atoms with Gasteiger partial charge in [0.05, 0.1) is 11.1 Å². The Kier molecular flexibility index (Phi) is 2.00. The normalized spacial score (nSPS) is 10.5. The molecule has 0 amide bonds. The lowest BCUT2D eigenvalue weighted by molar-refractivity contribution is 0.0698. The number of carboxylic acids is 1. The molecule has 0 aliphatic carbocycles. The molecule has 1 N–H and O–H groups in total. The van der Waals surface area contributed by atoms with E-state index in [9.17, 15) is 14.0 Å². The van der Waals surface area contributed by atoms with Gasteiger partial charge in [0.25, 0.3) is 5.56 Å². The second kappa shape index (κ2) is 3.20. The quantitative estimate of drug-likeness (QED) is 0.762. The third-order valence-electron chi connectivity index (χ3n) is 2.05. The molecule has 76 valence electrons. The van der Waals surface area contributed by atoms with Gasteiger partial charge in [-0.2, -0.15) is 0 Å². The van der Waals surface area contributed by atoms with E-state index >= 15 is 0 Å². The van der Waals surface area contributed by atoms with Crippen LogP contribution in [0.15, 0.2) is 35.3 Å². The predicted molar refractivity (Wildman–Crippen MR) is 50.6 cm³/mol. The molecule has 0 aliphatic rings. The molecule has 0 aromatic carbocycles. The van der Waals surface area contributed by atoms with Gasteiger partial charge in [-0.15, -0.1) is 0 Å². The molecule has 15 heavy (non-hydrogen) atoms. The minimum Gasteiger partial charge on any atom is -0.478 e. The molecular weight excluding hydrogens is 201 g/mol. The van der Waals surface area contributed by atoms with Crippen LogP contribution in [0.2, 0.25) is 0 Å². The summed E-state index contributed by atoms with van der Waals surface area (Å²) in [5, 5.41) is 8.83. The Labute approximate surface area is 83.2 Å². The number of hydrogen-bond donors (Lipinski definition) is 1. The molecule has 5 heteroatoms. The molecule has 0 spiro atoms. The number of carbonyl (C=O) groups is 1. The molecule has 0 unspecified atom stereocenters. The van der Waals surface area contributed by atoms with E-state index < -0.39 is 17.3 Å². The summed E-state index contributed by atoms with van der Waals surface area (Å²) in [7, 11) is 0. The summed E-state index contributed by atoms with van der Waals surface area (Å²) in [6.45, 7) is 0. The zero-order valence-corrected chi connectivity index (χ0v) is 7.48. The van der Waals surface area contributed by atoms with Crippen molar-refractivity contribution < 1.29 is 14.3 Å². The minimum atomic E-state index is -1.20. The molecule has 0 atom stereocenters. The monoisotopic (exact) mass is 207 g/mol. The summed E-state index contributed by atoms with van der Waals surface area (Å²) in [4.78, 5) is 22.1. The fourth-order valence-corrected chi connectivity index (χ4v) is 1.38. The molecule has 2 rings (SSSR count). The van der Waals surface area contributed by atoms with Crippen molar-refractivity contribution in [2.45, 2.75) is 0 Å². The number of fused-ring (bicyclic) bond motifs is 1. The van der Waals surface area contributed by atoms with Crippen LogP contribution in [0.5, 0.6) is 0 Å². The van der Waals surface area contributed by atoms with E-state index in [0.717, 1.165) is 22.6 Å². The maximum absolute atomic E-state index is 12.9. The van der Waals surface area contributed by atoms with E-state index in [-0.39, 0.29) is 11.1 Å². The summed E-state index contributed by atoms with van der Waals surface area (Å²) in [5.74, 6) is -1.78. The van der Waals surface area contributed by atoms with Crippen LogP contribution >= 0.6 is 0 Å². The van der Waals surface area contributed by atoms with Gasteiger partial charge >= 0.3 is 5.97 Å². The van der Waals surface area contributed by atoms with E-state index in [1.165, 1.54) is 12.3 Å². The number of pyridine rings is 2. The van der Waals surface area contributed by atoms with Crippen molar-refractivity contribution in [1.29, 1.82) is 0 Å². The topological polar surface area (TPSA) is 58.8 Å². The smallest absolute Gasteiger partial charge is 0.337 e. The Morgan fingerprint density at radius 3 is 2.73 bits per heavy atom. The summed E-state index contributed by atoms with van der Waals surface area (Å²) >= 11 is 0. The summed E-state index contributed by atoms with van der Waals surface area (Å²) in [5.41, 5.74) is -0.445. The largest absolute Gasteiger partial charge is 0.478 e. The van der Waals surface area contributed by atoms with Crippen LogP contribution in [0.25, 0.3) is 5.52 Å². The number of aromatic carboxylic acids is 1. The number of rotatable bonds is 1. The molecule has 4 nitrogen and oxygen atoms in total. The molecule has 0 aliphatic heterocycles. The average molecular weight is 207 g/mol. The highest BCUT2D eigenvalue weighted by molar-refractivity contribution is 5.95. The minimum absolute atomic E-state index is 0.0509. The highest BCUT2D eigenvalue weighted by Crippen LogP contribution is 2.10. The van der Waals surface area contributed by atoms with Crippen molar-refractivity contribution in [3.8, 4) is 0 Å². The molecule has 0 fully saturated rings. The molecular formula is C10H6FNO3. The lowest BCUT2D eigenvalue weighted by Gasteiger charge is -2.03. The van der Waals surface area contributed by atoms with E-state index in [1.54, 1.807) is 0 Å². The summed E-state index contributed by atoms with van der Waals surface area (Å²) in [6, 6.07) is 4.42. The first-order chi connectivity index (χ1) is 7.09. The lowest BCUT2D eigenvalue weighted by Crippen LogP contribution is -2.15. The third kappa shape index (κ3) is 1.48. The van der Waals surface area contributed by atoms with Gasteiger partial charge in [0.2, 0.25) is 0 Å². The van der Waals surface area contributed by atoms with Crippen molar-refractivity contribution in [1.82, 2.24) is 4.40 Å². The van der Waals surface area contributed by atoms with Crippen molar-refractivity contribution >= 4 is 11.5 Å². The predicted octanol–water partition coefficient (Wildman–Crippen LogP) is 1.14. The molecule has 2 aromatic heterocycles. The highest BCUT2D eigenvalue weighted by atomic mass is 19.1. The number of hydrogen-bond acceptors (Lipinski definition) is 2. The Morgan fingerprint density at radius 1 is 1.33 bits per heavy atom. The van der Waals surface area contributed by atoms with Crippen molar-refractivity contribution in [2.24, 2.45) is 0 Å². The fraction of sp³-hybridized carbons (Fsp3) is 0. The van der Waals surface area contributed by atoms with Crippen LogP contribution in [-0.2, 0) is 0 Å². The summed E-state index contributed by atoms with van der Waals surface area (Å²) < 4.78 is 14.0. The Morgan fingerprint density at radius 2 is 2.07 bits per heavy atom. The van der Waals surface area contributed by atoms with E-state index in [1.807, 2.05) is 0 Å². The first-order valence-corrected chi connectivity index (χ1v) is 4.14. The third-order valence-corrected chi connectivity index (χ3v) is 2.05. The van der Waals surface area contributed by atoms with Crippen molar-refractivity contribution in [2.75, 3.05) is 0 Å². The second-order valence-corrected chi connectivity index (χ2v) is 2.99. The number of aromatic nitrogens is 1. The maximum Gasteiger partial charge on any atom is 0.337 e. The molecule has 2 aromatic rings. The van der Waals surface area contributed by atoms with Crippen LogP contribution in [0.3, 0.4) is 0 Å². The van der Waals surface area contributed by atoms with Gasteiger partial charge in [-0.3, -0.25) is 9.20 Å². The Bertz CT molecular complexity index is 603. The lowest BCUT2D eigenvalue weighted by atomic mass is 10.2. The molecule has 0 saturated carbocycles. The number of carboxylic acid groups (broad SMARTS) is 1. The van der Waals surface area contributed by atoms with E-state index in [2.05, 4.69) is 0 Å². The summed E-state index contributed by atoms with van der Waals surface area (Å²) in [6.07, 6.45) is 1.21. The fourth-order valence-electron chi connectivity index (χ4n) is 1.38. The van der Waals surface area contributed by atoms with Gasteiger partial charge in [0, 0.05) is 12.3 Å². The zero-order chi connectivity index (χ0) is 11.0. The first kappa shape index (κ1) is 9.39. The standard InChI is InChI=1S/C10H6FNO3/c11-6-3-4-12-8(5-6)7(10(14)15)1-2-9(12)13/h1-5H,(H,14,15). The highest BCUT2D eigenvalue weighted by Gasteiger charge is 2.09. The van der Waals surface area contributed by atoms with E-state index in [0.29, 0.717) is 0 Å². The van der Waals surface area contributed by atoms with Crippen LogP contribution in [0.1, 0.15) is 10.4 Å². The first-order valence-electron chi connectivity index (χ1n) is 4.14. The average Bonchev–Trinajstić information content (AvgIpc) is 2.17. The molecule has 0 bridgehead atoms. The number of nitrogens with zero attached hydrogens (tertiary/aromatic N) is 1. The Balaban J connectivity index is 2.96. The van der Waals surface area contributed by atoms with Gasteiger partial charge in [0.15, 0.2) is 0 Å². The Hall–Kier alpha value is -2.17. The van der Waals surface area contributed by atoms with Gasteiger partial charge in [-0.1, -0.05) is 0 Å². The van der Waals surface area contributed by atoms with Crippen LogP contribution in [0.4, 0.5) is 4.39 Å². The van der Waals surface area contributed by atoms with Crippen molar-refractivity contribution in [3.05, 3.63) is 52.2 Å². The van der Waals surface area contributed by atoms with E-state index in [4.69, 9.17) is 5.11 Å².